The SMILES string of the molecule is C=C(c1ccc(OC)cc1)c1ccc(C(=O)c2ccc(Oc3ccc(C(=O)c4ccc(O)cc4)cc3)cc2)cc1. The molecule has 5 rings (SSSR count). The summed E-state index contributed by atoms with van der Waals surface area (Å²) in [5.41, 5.74) is 4.90. The van der Waals surface area contributed by atoms with Crippen molar-refractivity contribution in [3.63, 3.8) is 0 Å². The van der Waals surface area contributed by atoms with Gasteiger partial charge in [0.05, 0.1) is 7.11 Å². The molecule has 5 nitrogen and oxygen atoms in total. The van der Waals surface area contributed by atoms with Gasteiger partial charge in [-0.3, -0.25) is 9.59 Å². The summed E-state index contributed by atoms with van der Waals surface area (Å²) < 4.78 is 11.1. The van der Waals surface area contributed by atoms with E-state index in [1.54, 1.807) is 79.9 Å². The van der Waals surface area contributed by atoms with Crippen molar-refractivity contribution in [1.29, 1.82) is 0 Å². The van der Waals surface area contributed by atoms with Crippen LogP contribution in [-0.2, 0) is 0 Å². The molecule has 5 aromatic carbocycles. The molecule has 0 radical (unpaired) electrons. The Balaban J connectivity index is 1.21. The molecule has 40 heavy (non-hydrogen) atoms. The van der Waals surface area contributed by atoms with Crippen LogP contribution in [0.2, 0.25) is 0 Å². The normalized spacial score (nSPS) is 10.5. The Hall–Kier alpha value is -5.42. The maximum Gasteiger partial charge on any atom is 0.193 e. The maximum atomic E-state index is 13.1. The zero-order valence-electron chi connectivity index (χ0n) is 21.8. The highest BCUT2D eigenvalue weighted by molar-refractivity contribution is 6.09. The van der Waals surface area contributed by atoms with E-state index in [0.717, 1.165) is 22.4 Å². The van der Waals surface area contributed by atoms with E-state index >= 15 is 0 Å². The number of hydrogen-bond donors (Lipinski definition) is 1. The topological polar surface area (TPSA) is 72.8 Å². The fraction of sp³-hybridized carbons (Fsp3) is 0.0286. The number of methoxy groups -OCH3 is 1. The van der Waals surface area contributed by atoms with Crippen molar-refractivity contribution >= 4 is 17.1 Å². The molecule has 1 N–H and O–H groups in total. The third-order valence-corrected chi connectivity index (χ3v) is 6.53. The quantitative estimate of drug-likeness (QED) is 0.199. The van der Waals surface area contributed by atoms with E-state index in [9.17, 15) is 14.7 Å². The van der Waals surface area contributed by atoms with Crippen LogP contribution in [0.15, 0.2) is 128 Å². The minimum absolute atomic E-state index is 0.0924. The smallest absolute Gasteiger partial charge is 0.193 e. The van der Waals surface area contributed by atoms with Crippen molar-refractivity contribution in [3.8, 4) is 23.0 Å². The molecule has 0 heterocycles. The number of phenols is 1. The highest BCUT2D eigenvalue weighted by Gasteiger charge is 2.12. The molecule has 0 unspecified atom stereocenters. The van der Waals surface area contributed by atoms with Crippen molar-refractivity contribution in [2.75, 3.05) is 7.11 Å². The largest absolute Gasteiger partial charge is 0.508 e. The summed E-state index contributed by atoms with van der Waals surface area (Å²) in [5.74, 6) is 1.79. The number of hydrogen-bond acceptors (Lipinski definition) is 5. The molecule has 0 fully saturated rings. The number of carbonyl (C=O) groups excluding carboxylic acids is 2. The first-order valence-electron chi connectivity index (χ1n) is 12.6. The summed E-state index contributed by atoms with van der Waals surface area (Å²) in [6, 6.07) is 35.0. The first-order chi connectivity index (χ1) is 19.4. The maximum absolute atomic E-state index is 13.1. The predicted molar refractivity (Wildman–Crippen MR) is 156 cm³/mol. The van der Waals surface area contributed by atoms with Gasteiger partial charge in [0, 0.05) is 22.3 Å². The highest BCUT2D eigenvalue weighted by atomic mass is 16.5. The average Bonchev–Trinajstić information content (AvgIpc) is 3.01. The van der Waals surface area contributed by atoms with Gasteiger partial charge in [-0.25, -0.2) is 0 Å². The molecule has 196 valence electrons. The van der Waals surface area contributed by atoms with Crippen LogP contribution in [0, 0.1) is 0 Å². The van der Waals surface area contributed by atoms with Gasteiger partial charge in [-0.2, -0.15) is 0 Å². The molecule has 0 bridgehead atoms. The lowest BCUT2D eigenvalue weighted by atomic mass is 9.96. The van der Waals surface area contributed by atoms with E-state index in [2.05, 4.69) is 6.58 Å². The summed E-state index contributed by atoms with van der Waals surface area (Å²) in [5, 5.41) is 9.42. The standard InChI is InChI=1S/C35H26O5/c1-23(25-9-17-31(39-2)18-10-25)24-3-5-26(6-4-24)34(37)28-11-19-32(20-12-28)40-33-21-13-29(14-22-33)35(38)27-7-15-30(36)16-8-27/h3-22,36H,1H2,2H3. The Bertz CT molecular complexity index is 1650. The molecule has 5 heteroatoms. The summed E-state index contributed by atoms with van der Waals surface area (Å²) in [6.07, 6.45) is 0. The number of rotatable bonds is 9. The summed E-state index contributed by atoms with van der Waals surface area (Å²) >= 11 is 0. The van der Waals surface area contributed by atoms with Gasteiger partial charge in [0.15, 0.2) is 11.6 Å². The molecular formula is C35H26O5. The Morgan fingerprint density at radius 1 is 0.500 bits per heavy atom. The van der Waals surface area contributed by atoms with Crippen LogP contribution in [0.5, 0.6) is 23.0 Å². The molecule has 0 aliphatic heterocycles. The second-order valence-corrected chi connectivity index (χ2v) is 9.14. The van der Waals surface area contributed by atoms with Crippen LogP contribution >= 0.6 is 0 Å². The lowest BCUT2D eigenvalue weighted by Gasteiger charge is -2.09. The van der Waals surface area contributed by atoms with Crippen LogP contribution in [0.1, 0.15) is 43.0 Å². The molecule has 0 spiro atoms. The van der Waals surface area contributed by atoms with E-state index in [1.165, 1.54) is 12.1 Å². The molecule has 0 aliphatic carbocycles. The van der Waals surface area contributed by atoms with Gasteiger partial charge in [-0.05, 0) is 102 Å². The van der Waals surface area contributed by atoms with E-state index in [0.29, 0.717) is 33.8 Å². The molecule has 0 amide bonds. The molecule has 0 aromatic heterocycles. The molecule has 0 aliphatic rings. The summed E-state index contributed by atoms with van der Waals surface area (Å²) in [6.45, 7) is 4.19. The van der Waals surface area contributed by atoms with E-state index < -0.39 is 0 Å². The lowest BCUT2D eigenvalue weighted by Crippen LogP contribution is -2.01. The number of aromatic hydroxyl groups is 1. The Kier molecular flexibility index (Phi) is 7.56. The first-order valence-corrected chi connectivity index (χ1v) is 12.6. The summed E-state index contributed by atoms with van der Waals surface area (Å²) in [4.78, 5) is 25.7. The minimum atomic E-state index is -0.146. The van der Waals surface area contributed by atoms with E-state index in [1.807, 2.05) is 36.4 Å². The number of benzene rings is 5. The second kappa shape index (κ2) is 11.5. The fourth-order valence-corrected chi connectivity index (χ4v) is 4.21. The number of ketones is 2. The van der Waals surface area contributed by atoms with Gasteiger partial charge in [-0.1, -0.05) is 43.0 Å². The third kappa shape index (κ3) is 5.84. The molecular weight excluding hydrogens is 500 g/mol. The van der Waals surface area contributed by atoms with E-state index in [4.69, 9.17) is 9.47 Å². The van der Waals surface area contributed by atoms with Crippen molar-refractivity contribution in [3.05, 3.63) is 161 Å². The zero-order chi connectivity index (χ0) is 28.1. The summed E-state index contributed by atoms with van der Waals surface area (Å²) in [7, 11) is 1.63. The van der Waals surface area contributed by atoms with Crippen molar-refractivity contribution in [2.24, 2.45) is 0 Å². The van der Waals surface area contributed by atoms with Crippen LogP contribution < -0.4 is 9.47 Å². The lowest BCUT2D eigenvalue weighted by molar-refractivity contribution is 0.103. The Morgan fingerprint density at radius 2 is 0.800 bits per heavy atom. The Morgan fingerprint density at radius 3 is 1.20 bits per heavy atom. The van der Waals surface area contributed by atoms with E-state index in [-0.39, 0.29) is 17.3 Å². The molecule has 0 saturated heterocycles. The van der Waals surface area contributed by atoms with Crippen LogP contribution in [0.25, 0.3) is 5.57 Å². The van der Waals surface area contributed by atoms with Gasteiger partial charge >= 0.3 is 0 Å². The van der Waals surface area contributed by atoms with Crippen molar-refractivity contribution in [1.82, 2.24) is 0 Å². The fourth-order valence-electron chi connectivity index (χ4n) is 4.21. The van der Waals surface area contributed by atoms with Gasteiger partial charge in [0.1, 0.15) is 23.0 Å². The monoisotopic (exact) mass is 526 g/mol. The van der Waals surface area contributed by atoms with Gasteiger partial charge in [-0.15, -0.1) is 0 Å². The van der Waals surface area contributed by atoms with Gasteiger partial charge in [0.2, 0.25) is 0 Å². The van der Waals surface area contributed by atoms with Crippen LogP contribution in [-0.4, -0.2) is 23.8 Å². The van der Waals surface area contributed by atoms with Crippen LogP contribution in [0.3, 0.4) is 0 Å². The van der Waals surface area contributed by atoms with Crippen molar-refractivity contribution in [2.45, 2.75) is 0 Å². The Labute approximate surface area is 232 Å². The first kappa shape index (κ1) is 26.2. The number of ether oxygens (including phenoxy) is 2. The average molecular weight is 527 g/mol. The zero-order valence-corrected chi connectivity index (χ0v) is 21.8. The van der Waals surface area contributed by atoms with Gasteiger partial charge < -0.3 is 14.6 Å². The molecule has 0 saturated carbocycles. The van der Waals surface area contributed by atoms with Crippen LogP contribution in [0.4, 0.5) is 0 Å². The number of carbonyl (C=O) groups is 2. The minimum Gasteiger partial charge on any atom is -0.508 e. The predicted octanol–water partition coefficient (Wildman–Crippen LogP) is 7.72. The molecule has 5 aromatic rings. The highest BCUT2D eigenvalue weighted by Crippen LogP contribution is 2.26. The molecule has 0 atom stereocenters. The third-order valence-electron chi connectivity index (χ3n) is 6.53. The second-order valence-electron chi connectivity index (χ2n) is 9.14. The number of phenolic OH excluding ortho intramolecular Hbond substituents is 1. The van der Waals surface area contributed by atoms with Crippen molar-refractivity contribution < 1.29 is 24.2 Å². The van der Waals surface area contributed by atoms with Gasteiger partial charge in [0.25, 0.3) is 0 Å².